The average Bonchev–Trinajstić information content (AvgIpc) is 3.25. The van der Waals surface area contributed by atoms with Gasteiger partial charge in [0.2, 0.25) is 0 Å². The number of carbonyl (C=O) groups excluding carboxylic acids is 1. The van der Waals surface area contributed by atoms with Gasteiger partial charge in [-0.1, -0.05) is 35.0 Å². The first-order chi connectivity index (χ1) is 17.8. The average molecular weight is 527 g/mol. The minimum atomic E-state index is -0.762. The number of hydrogen-bond donors (Lipinski definition) is 1. The molecule has 0 bridgehead atoms. The highest BCUT2D eigenvalue weighted by atomic mass is 35.5. The lowest BCUT2D eigenvalue weighted by Gasteiger charge is -2.27. The molecular weight excluding hydrogens is 496 g/mol. The number of ether oxygens (including phenoxy) is 2. The van der Waals surface area contributed by atoms with Crippen molar-refractivity contribution in [3.63, 3.8) is 0 Å². The second-order valence-electron chi connectivity index (χ2n) is 9.34. The van der Waals surface area contributed by atoms with Gasteiger partial charge in [0.25, 0.3) is 0 Å². The van der Waals surface area contributed by atoms with Gasteiger partial charge >= 0.3 is 11.9 Å². The van der Waals surface area contributed by atoms with E-state index in [1.807, 2.05) is 44.3 Å². The van der Waals surface area contributed by atoms with Crippen molar-refractivity contribution in [2.75, 3.05) is 0 Å². The predicted octanol–water partition coefficient (Wildman–Crippen LogP) is 4.93. The molecule has 4 rings (SSSR count). The molecule has 1 saturated carbocycles. The van der Waals surface area contributed by atoms with Crippen LogP contribution in [0.2, 0.25) is 5.02 Å². The van der Waals surface area contributed by atoms with Gasteiger partial charge in [0.05, 0.1) is 29.1 Å². The molecule has 2 heterocycles. The monoisotopic (exact) mass is 526 g/mol. The fourth-order valence-electron chi connectivity index (χ4n) is 4.56. The third kappa shape index (κ3) is 6.85. The van der Waals surface area contributed by atoms with Crippen LogP contribution >= 0.6 is 11.6 Å². The maximum atomic E-state index is 12.2. The Bertz CT molecular complexity index is 1260. The Hall–Kier alpha value is -3.46. The van der Waals surface area contributed by atoms with Crippen LogP contribution in [0.3, 0.4) is 0 Å². The molecule has 1 N–H and O–H groups in total. The van der Waals surface area contributed by atoms with Gasteiger partial charge in [0.15, 0.2) is 0 Å². The summed E-state index contributed by atoms with van der Waals surface area (Å²) in [6, 6.07) is 11.0. The Morgan fingerprint density at radius 3 is 2.76 bits per heavy atom. The van der Waals surface area contributed by atoms with Crippen LogP contribution in [0.1, 0.15) is 55.5 Å². The Kier molecular flexibility index (Phi) is 8.76. The number of aryl methyl sites for hydroxylation is 2. The summed E-state index contributed by atoms with van der Waals surface area (Å²) in [5.74, 6) is -0.768. The number of nitrogens with zero attached hydrogens (tertiary/aromatic N) is 4. The SMILES string of the molecule is Cc1nc(-c2nnn(C)c2CCCC(=O)OCc2ccccc2Cl)ccc1O[C@H]1CCC[C@H](C(=O)O)C1. The number of pyridine rings is 1. The minimum Gasteiger partial charge on any atom is -0.489 e. The predicted molar refractivity (Wildman–Crippen MR) is 137 cm³/mol. The maximum absolute atomic E-state index is 12.2. The van der Waals surface area contributed by atoms with Crippen molar-refractivity contribution in [3.8, 4) is 17.1 Å². The zero-order valence-corrected chi connectivity index (χ0v) is 21.8. The molecule has 1 aliphatic carbocycles. The van der Waals surface area contributed by atoms with Gasteiger partial charge in [-0.25, -0.2) is 4.98 Å². The first-order valence-corrected chi connectivity index (χ1v) is 12.8. The molecule has 0 radical (unpaired) electrons. The number of hydrogen-bond acceptors (Lipinski definition) is 7. The Balaban J connectivity index is 1.34. The van der Waals surface area contributed by atoms with Crippen LogP contribution in [0.25, 0.3) is 11.4 Å². The van der Waals surface area contributed by atoms with Crippen LogP contribution in [0.4, 0.5) is 0 Å². The minimum absolute atomic E-state index is 0.133. The van der Waals surface area contributed by atoms with Crippen molar-refractivity contribution in [2.24, 2.45) is 13.0 Å². The standard InChI is InChI=1S/C27H31ClN4O5/c1-17-24(37-20-9-5-8-18(15-20)27(34)35)14-13-22(29-17)26-23(32(2)31-30-26)11-6-12-25(33)36-16-19-7-3-4-10-21(19)28/h3-4,7,10,13-14,18,20H,5-6,8-9,11-12,15-16H2,1-2H3,(H,34,35)/t18-,20-/m0/s1. The summed E-state index contributed by atoms with van der Waals surface area (Å²) in [5.41, 5.74) is 3.67. The summed E-state index contributed by atoms with van der Waals surface area (Å²) in [4.78, 5) is 28.3. The van der Waals surface area contributed by atoms with Crippen LogP contribution in [-0.4, -0.2) is 43.1 Å². The second kappa shape index (κ2) is 12.2. The molecule has 0 aliphatic heterocycles. The summed E-state index contributed by atoms with van der Waals surface area (Å²) in [7, 11) is 1.81. The third-order valence-electron chi connectivity index (χ3n) is 6.63. The van der Waals surface area contributed by atoms with Crippen LogP contribution in [0.15, 0.2) is 36.4 Å². The molecule has 1 aliphatic rings. The molecule has 2 aromatic heterocycles. The molecule has 37 heavy (non-hydrogen) atoms. The first-order valence-electron chi connectivity index (χ1n) is 12.5. The van der Waals surface area contributed by atoms with Crippen LogP contribution in [-0.2, 0) is 34.4 Å². The molecule has 2 atom stereocenters. The molecule has 0 unspecified atom stereocenters. The van der Waals surface area contributed by atoms with E-state index in [0.717, 1.165) is 24.1 Å². The van der Waals surface area contributed by atoms with Gasteiger partial charge < -0.3 is 14.6 Å². The van der Waals surface area contributed by atoms with Gasteiger partial charge in [-0.05, 0) is 63.6 Å². The molecule has 3 aromatic rings. The zero-order chi connectivity index (χ0) is 26.4. The number of aliphatic carboxylic acids is 1. The van der Waals surface area contributed by atoms with Crippen molar-refractivity contribution >= 4 is 23.5 Å². The fraction of sp³-hybridized carbons (Fsp3) is 0.444. The van der Waals surface area contributed by atoms with Crippen molar-refractivity contribution in [2.45, 2.75) is 64.6 Å². The summed E-state index contributed by atoms with van der Waals surface area (Å²) >= 11 is 6.12. The number of carbonyl (C=O) groups is 2. The van der Waals surface area contributed by atoms with Crippen LogP contribution in [0.5, 0.6) is 5.75 Å². The third-order valence-corrected chi connectivity index (χ3v) is 7.00. The van der Waals surface area contributed by atoms with Crippen molar-refractivity contribution in [3.05, 3.63) is 58.4 Å². The summed E-state index contributed by atoms with van der Waals surface area (Å²) < 4.78 is 13.2. The maximum Gasteiger partial charge on any atom is 0.306 e. The zero-order valence-electron chi connectivity index (χ0n) is 21.0. The number of carboxylic acid groups (broad SMARTS) is 1. The fourth-order valence-corrected chi connectivity index (χ4v) is 4.75. The molecule has 1 fully saturated rings. The van der Waals surface area contributed by atoms with Crippen LogP contribution < -0.4 is 4.74 Å². The first kappa shape index (κ1) is 26.6. The quantitative estimate of drug-likeness (QED) is 0.370. The molecule has 0 spiro atoms. The number of benzene rings is 1. The van der Waals surface area contributed by atoms with E-state index in [-0.39, 0.29) is 31.0 Å². The van der Waals surface area contributed by atoms with Gasteiger partial charge in [-0.15, -0.1) is 5.10 Å². The topological polar surface area (TPSA) is 116 Å². The molecule has 10 heteroatoms. The lowest BCUT2D eigenvalue weighted by atomic mass is 9.87. The highest BCUT2D eigenvalue weighted by Crippen LogP contribution is 2.30. The Morgan fingerprint density at radius 1 is 1.19 bits per heavy atom. The summed E-state index contributed by atoms with van der Waals surface area (Å²) in [6.07, 6.45) is 4.15. The lowest BCUT2D eigenvalue weighted by molar-refractivity contribution is -0.145. The van der Waals surface area contributed by atoms with Gasteiger partial charge in [0.1, 0.15) is 18.1 Å². The molecule has 0 amide bonds. The normalized spacial score (nSPS) is 17.4. The Labute approximate surface area is 220 Å². The lowest BCUT2D eigenvalue weighted by Crippen LogP contribution is -2.29. The number of halogens is 1. The van der Waals surface area contributed by atoms with E-state index < -0.39 is 5.97 Å². The van der Waals surface area contributed by atoms with E-state index >= 15 is 0 Å². The second-order valence-corrected chi connectivity index (χ2v) is 9.74. The van der Waals surface area contributed by atoms with E-state index in [0.29, 0.717) is 53.5 Å². The highest BCUT2D eigenvalue weighted by Gasteiger charge is 2.28. The Morgan fingerprint density at radius 2 is 2.00 bits per heavy atom. The highest BCUT2D eigenvalue weighted by molar-refractivity contribution is 6.31. The van der Waals surface area contributed by atoms with E-state index in [1.165, 1.54) is 0 Å². The molecule has 0 saturated heterocycles. The molecular formula is C27H31ClN4O5. The van der Waals surface area contributed by atoms with E-state index in [9.17, 15) is 14.7 Å². The van der Waals surface area contributed by atoms with E-state index in [1.54, 1.807) is 10.7 Å². The number of carboxylic acids is 1. The van der Waals surface area contributed by atoms with Crippen molar-refractivity contribution < 1.29 is 24.2 Å². The number of rotatable bonds is 10. The number of esters is 1. The van der Waals surface area contributed by atoms with Gasteiger partial charge in [-0.3, -0.25) is 14.3 Å². The summed E-state index contributed by atoms with van der Waals surface area (Å²) in [5, 5.41) is 18.4. The van der Waals surface area contributed by atoms with Crippen LogP contribution in [0, 0.1) is 12.8 Å². The van der Waals surface area contributed by atoms with Crippen molar-refractivity contribution in [1.29, 1.82) is 0 Å². The van der Waals surface area contributed by atoms with E-state index in [2.05, 4.69) is 10.3 Å². The molecule has 196 valence electrons. The smallest absolute Gasteiger partial charge is 0.306 e. The van der Waals surface area contributed by atoms with Gasteiger partial charge in [0, 0.05) is 24.1 Å². The van der Waals surface area contributed by atoms with Crippen molar-refractivity contribution in [1.82, 2.24) is 20.0 Å². The largest absolute Gasteiger partial charge is 0.489 e. The van der Waals surface area contributed by atoms with Gasteiger partial charge in [-0.2, -0.15) is 0 Å². The molecule has 1 aromatic carbocycles. The summed E-state index contributed by atoms with van der Waals surface area (Å²) in [6.45, 7) is 2.01. The molecule has 9 nitrogen and oxygen atoms in total. The number of aromatic nitrogens is 4. The van der Waals surface area contributed by atoms with E-state index in [4.69, 9.17) is 26.1 Å².